The quantitative estimate of drug-likeness (QED) is 0.773. The van der Waals surface area contributed by atoms with Crippen molar-refractivity contribution in [2.24, 2.45) is 11.7 Å². The largest absolute Gasteiger partial charge is 0.364 e. The number of hydrogen-bond donors (Lipinski definition) is 1. The molecular weight excluding hydrogens is 178 g/mol. The molecule has 4 heteroatoms. The minimum Gasteiger partial charge on any atom is -0.364 e. The monoisotopic (exact) mass is 195 g/mol. The maximum absolute atomic E-state index is 5.54. The molecule has 0 saturated carbocycles. The van der Waals surface area contributed by atoms with E-state index in [1.165, 1.54) is 6.42 Å². The summed E-state index contributed by atoms with van der Waals surface area (Å²) in [6, 6.07) is 1.93. The van der Waals surface area contributed by atoms with Crippen molar-refractivity contribution in [3.8, 4) is 0 Å². The zero-order chi connectivity index (χ0) is 9.80. The molecule has 1 aliphatic rings. The molecular formula is C10H17N3O. The van der Waals surface area contributed by atoms with Crippen LogP contribution in [0, 0.1) is 5.92 Å². The van der Waals surface area contributed by atoms with Gasteiger partial charge in [0.2, 0.25) is 0 Å². The van der Waals surface area contributed by atoms with Crippen LogP contribution in [0.1, 0.15) is 18.5 Å². The van der Waals surface area contributed by atoms with Crippen LogP contribution in [0.4, 0.5) is 0 Å². The summed E-state index contributed by atoms with van der Waals surface area (Å²) in [6.45, 7) is 4.04. The lowest BCUT2D eigenvalue weighted by Crippen LogP contribution is -2.21. The molecule has 2 rings (SSSR count). The summed E-state index contributed by atoms with van der Waals surface area (Å²) in [4.78, 5) is 2.41. The van der Waals surface area contributed by atoms with E-state index in [9.17, 15) is 0 Å². The molecule has 0 spiro atoms. The van der Waals surface area contributed by atoms with Crippen molar-refractivity contribution in [3.05, 3.63) is 18.0 Å². The van der Waals surface area contributed by atoms with Crippen molar-refractivity contribution in [2.75, 3.05) is 19.6 Å². The maximum atomic E-state index is 5.54. The first-order valence-electron chi connectivity index (χ1n) is 5.20. The first-order chi connectivity index (χ1) is 6.88. The molecule has 1 unspecified atom stereocenters. The van der Waals surface area contributed by atoms with E-state index < -0.39 is 0 Å². The smallest absolute Gasteiger partial charge is 0.124 e. The van der Waals surface area contributed by atoms with Crippen LogP contribution in [0.3, 0.4) is 0 Å². The Morgan fingerprint density at radius 3 is 3.29 bits per heavy atom. The molecule has 14 heavy (non-hydrogen) atoms. The van der Waals surface area contributed by atoms with Gasteiger partial charge in [-0.15, -0.1) is 0 Å². The van der Waals surface area contributed by atoms with Gasteiger partial charge in [-0.3, -0.25) is 4.90 Å². The summed E-state index contributed by atoms with van der Waals surface area (Å²) < 4.78 is 4.80. The maximum Gasteiger partial charge on any atom is 0.124 e. The van der Waals surface area contributed by atoms with Gasteiger partial charge in [-0.2, -0.15) is 0 Å². The highest BCUT2D eigenvalue weighted by molar-refractivity contribution is 4.95. The van der Waals surface area contributed by atoms with E-state index in [0.717, 1.165) is 44.2 Å². The van der Waals surface area contributed by atoms with Crippen LogP contribution in [-0.2, 0) is 6.54 Å². The Bertz CT molecular complexity index is 260. The van der Waals surface area contributed by atoms with Gasteiger partial charge in [-0.05, 0) is 31.8 Å². The van der Waals surface area contributed by atoms with Gasteiger partial charge in [0.15, 0.2) is 0 Å². The van der Waals surface area contributed by atoms with Gasteiger partial charge in [-0.25, -0.2) is 0 Å². The molecule has 0 bridgehead atoms. The van der Waals surface area contributed by atoms with Crippen LogP contribution in [-0.4, -0.2) is 29.7 Å². The van der Waals surface area contributed by atoms with Gasteiger partial charge in [0.05, 0.1) is 5.69 Å². The highest BCUT2D eigenvalue weighted by Crippen LogP contribution is 2.20. The molecule has 1 aromatic heterocycles. The zero-order valence-corrected chi connectivity index (χ0v) is 8.35. The third kappa shape index (κ3) is 2.33. The fourth-order valence-corrected chi connectivity index (χ4v) is 2.08. The Morgan fingerprint density at radius 1 is 1.64 bits per heavy atom. The molecule has 1 atom stereocenters. The topological polar surface area (TPSA) is 55.3 Å². The van der Waals surface area contributed by atoms with E-state index in [-0.39, 0.29) is 0 Å². The predicted octanol–water partition coefficient (Wildman–Crippen LogP) is 0.845. The normalized spacial score (nSPS) is 23.1. The zero-order valence-electron chi connectivity index (χ0n) is 8.35. The summed E-state index contributed by atoms with van der Waals surface area (Å²) in [5.41, 5.74) is 6.57. The number of aromatic nitrogens is 1. The SMILES string of the molecule is NCCC1CCN(Cc2ccon2)C1. The molecule has 78 valence electrons. The Hall–Kier alpha value is -0.870. The van der Waals surface area contributed by atoms with Gasteiger partial charge >= 0.3 is 0 Å². The van der Waals surface area contributed by atoms with E-state index in [1.54, 1.807) is 6.26 Å². The average Bonchev–Trinajstić information content (AvgIpc) is 2.79. The van der Waals surface area contributed by atoms with Gasteiger partial charge < -0.3 is 10.3 Å². The van der Waals surface area contributed by atoms with Gasteiger partial charge in [0.25, 0.3) is 0 Å². The molecule has 2 heterocycles. The molecule has 0 amide bonds. The van der Waals surface area contributed by atoms with Gasteiger partial charge in [0.1, 0.15) is 6.26 Å². The predicted molar refractivity (Wildman–Crippen MR) is 53.6 cm³/mol. The highest BCUT2D eigenvalue weighted by atomic mass is 16.5. The average molecular weight is 195 g/mol. The highest BCUT2D eigenvalue weighted by Gasteiger charge is 2.21. The van der Waals surface area contributed by atoms with Crippen LogP contribution in [0.2, 0.25) is 0 Å². The van der Waals surface area contributed by atoms with Crippen LogP contribution in [0.25, 0.3) is 0 Å². The molecule has 0 aromatic carbocycles. The number of rotatable bonds is 4. The van der Waals surface area contributed by atoms with Gasteiger partial charge in [0, 0.05) is 19.2 Å². The molecule has 4 nitrogen and oxygen atoms in total. The standard InChI is InChI=1S/C10H17N3O/c11-4-1-9-2-5-13(7-9)8-10-3-6-14-12-10/h3,6,9H,1-2,4-5,7-8,11H2. The number of nitrogens with zero attached hydrogens (tertiary/aromatic N) is 2. The minimum atomic E-state index is 0.784. The molecule has 1 saturated heterocycles. The lowest BCUT2D eigenvalue weighted by molar-refractivity contribution is 0.300. The molecule has 0 aliphatic carbocycles. The summed E-state index contributed by atoms with van der Waals surface area (Å²) in [7, 11) is 0. The molecule has 1 aliphatic heterocycles. The number of nitrogens with two attached hydrogens (primary N) is 1. The summed E-state index contributed by atoms with van der Waals surface area (Å²) >= 11 is 0. The van der Waals surface area contributed by atoms with Crippen molar-refractivity contribution in [1.82, 2.24) is 10.1 Å². The van der Waals surface area contributed by atoms with Crippen molar-refractivity contribution >= 4 is 0 Å². The van der Waals surface area contributed by atoms with E-state index in [2.05, 4.69) is 10.1 Å². The Morgan fingerprint density at radius 2 is 2.57 bits per heavy atom. The van der Waals surface area contributed by atoms with Crippen molar-refractivity contribution < 1.29 is 4.52 Å². The lowest BCUT2D eigenvalue weighted by Gasteiger charge is -2.13. The van der Waals surface area contributed by atoms with Crippen molar-refractivity contribution in [2.45, 2.75) is 19.4 Å². The third-order valence-corrected chi connectivity index (χ3v) is 2.82. The minimum absolute atomic E-state index is 0.784. The fraction of sp³-hybridized carbons (Fsp3) is 0.700. The van der Waals surface area contributed by atoms with E-state index >= 15 is 0 Å². The Labute approximate surface area is 84.0 Å². The Kier molecular flexibility index (Phi) is 3.16. The summed E-state index contributed by atoms with van der Waals surface area (Å²) in [5.74, 6) is 0.784. The second kappa shape index (κ2) is 4.57. The first kappa shape index (κ1) is 9.68. The third-order valence-electron chi connectivity index (χ3n) is 2.82. The van der Waals surface area contributed by atoms with Crippen LogP contribution in [0.15, 0.2) is 16.9 Å². The summed E-state index contributed by atoms with van der Waals surface area (Å²) in [6.07, 6.45) is 4.05. The van der Waals surface area contributed by atoms with E-state index in [1.807, 2.05) is 6.07 Å². The first-order valence-corrected chi connectivity index (χ1v) is 5.20. The fourth-order valence-electron chi connectivity index (χ4n) is 2.08. The van der Waals surface area contributed by atoms with E-state index in [4.69, 9.17) is 10.3 Å². The molecule has 0 radical (unpaired) electrons. The summed E-state index contributed by atoms with van der Waals surface area (Å²) in [5, 5.41) is 3.91. The molecule has 1 fully saturated rings. The van der Waals surface area contributed by atoms with Crippen LogP contribution >= 0.6 is 0 Å². The van der Waals surface area contributed by atoms with Crippen molar-refractivity contribution in [3.63, 3.8) is 0 Å². The lowest BCUT2D eigenvalue weighted by atomic mass is 10.1. The van der Waals surface area contributed by atoms with Crippen LogP contribution in [0.5, 0.6) is 0 Å². The Balaban J connectivity index is 1.79. The molecule has 2 N–H and O–H groups in total. The second-order valence-electron chi connectivity index (χ2n) is 3.96. The van der Waals surface area contributed by atoms with Gasteiger partial charge in [-0.1, -0.05) is 5.16 Å². The number of likely N-dealkylation sites (tertiary alicyclic amines) is 1. The molecule has 1 aromatic rings. The van der Waals surface area contributed by atoms with Crippen LogP contribution < -0.4 is 5.73 Å². The second-order valence-corrected chi connectivity index (χ2v) is 3.96. The van der Waals surface area contributed by atoms with E-state index in [0.29, 0.717) is 0 Å². The van der Waals surface area contributed by atoms with Crippen molar-refractivity contribution in [1.29, 1.82) is 0 Å². The number of hydrogen-bond acceptors (Lipinski definition) is 4.